The first kappa shape index (κ1) is 29.8. The highest BCUT2D eigenvalue weighted by Crippen LogP contribution is 2.54. The van der Waals surface area contributed by atoms with Crippen molar-refractivity contribution < 1.29 is 14.0 Å². The second-order valence-corrected chi connectivity index (χ2v) is 23.7. The molecule has 0 aromatic heterocycles. The quantitative estimate of drug-likeness (QED) is 0.308. The maximum Gasteiger partial charge on any atom is 0.192 e. The summed E-state index contributed by atoms with van der Waals surface area (Å²) in [5.74, 6) is 0.881. The third-order valence-electron chi connectivity index (χ3n) is 9.26. The number of rotatable bonds is 11. The zero-order chi connectivity index (χ0) is 26.2. The van der Waals surface area contributed by atoms with Gasteiger partial charge in [0, 0.05) is 12.5 Å². The lowest BCUT2D eigenvalue weighted by Crippen LogP contribution is -2.50. The highest BCUT2D eigenvalue weighted by atomic mass is 28.4. The van der Waals surface area contributed by atoms with Crippen LogP contribution in [0.4, 0.5) is 0 Å². The molecule has 0 radical (unpaired) electrons. The molecule has 0 saturated heterocycles. The van der Waals surface area contributed by atoms with Crippen molar-refractivity contribution in [1.29, 1.82) is 0 Å². The minimum Gasteiger partial charge on any atom is -0.416 e. The van der Waals surface area contributed by atoms with Crippen LogP contribution >= 0.6 is 0 Å². The molecule has 1 N–H and O–H groups in total. The van der Waals surface area contributed by atoms with Gasteiger partial charge in [0.05, 0.1) is 11.7 Å². The number of hydrogen-bond donors (Lipinski definition) is 1. The molecule has 1 aromatic rings. The molecule has 0 spiro atoms. The summed E-state index contributed by atoms with van der Waals surface area (Å²) in [6.45, 7) is 28.5. The first-order valence-corrected chi connectivity index (χ1v) is 19.2. The summed E-state index contributed by atoms with van der Waals surface area (Å²) < 4.78 is 13.8. The normalized spacial score (nSPS) is 24.6. The first-order chi connectivity index (χ1) is 15.3. The Kier molecular flexibility index (Phi) is 9.18. The van der Waals surface area contributed by atoms with Crippen LogP contribution in [0.1, 0.15) is 73.8 Å². The molecular formula is C29H54O3Si2. The van der Waals surface area contributed by atoms with E-state index in [1.54, 1.807) is 0 Å². The van der Waals surface area contributed by atoms with E-state index in [1.807, 2.05) is 0 Å². The van der Waals surface area contributed by atoms with Gasteiger partial charge in [0.2, 0.25) is 0 Å². The molecule has 0 amide bonds. The summed E-state index contributed by atoms with van der Waals surface area (Å²) in [4.78, 5) is 0. The maximum absolute atomic E-state index is 11.4. The van der Waals surface area contributed by atoms with Crippen molar-refractivity contribution in [3.8, 4) is 0 Å². The van der Waals surface area contributed by atoms with Crippen LogP contribution in [0.2, 0.25) is 36.3 Å². The van der Waals surface area contributed by atoms with Crippen LogP contribution in [0.25, 0.3) is 0 Å². The van der Waals surface area contributed by atoms with E-state index in [-0.39, 0.29) is 22.1 Å². The van der Waals surface area contributed by atoms with Gasteiger partial charge in [-0.1, -0.05) is 85.7 Å². The van der Waals surface area contributed by atoms with Gasteiger partial charge < -0.3 is 14.0 Å². The third kappa shape index (κ3) is 7.28. The summed E-state index contributed by atoms with van der Waals surface area (Å²) >= 11 is 0. The Balaban J connectivity index is 2.15. The standard InChI is InChI=1S/C29H54O3Si2/c1-22(21-31-33(9,10)27(3,4)5)26(32-34(11,12)28(6,7)8)23(2)25-20-29(25,30)19-18-24-16-14-13-15-17-24/h13-17,22-23,25-26,30H,18-21H2,1-12H3/t22-,23+,25?,26+,29?/m0/s1. The van der Waals surface area contributed by atoms with Crippen LogP contribution in [0.15, 0.2) is 30.3 Å². The largest absolute Gasteiger partial charge is 0.416 e. The zero-order valence-corrected chi connectivity index (χ0v) is 26.3. The molecule has 0 heterocycles. The average Bonchev–Trinajstić information content (AvgIpc) is 3.39. The topological polar surface area (TPSA) is 38.7 Å². The van der Waals surface area contributed by atoms with Crippen molar-refractivity contribution in [1.82, 2.24) is 0 Å². The Hall–Kier alpha value is -0.466. The van der Waals surface area contributed by atoms with E-state index < -0.39 is 22.2 Å². The minimum absolute atomic E-state index is 0.0985. The third-order valence-corrected chi connectivity index (χ3v) is 18.2. The van der Waals surface area contributed by atoms with Crippen molar-refractivity contribution in [2.45, 2.75) is 123 Å². The molecule has 1 fully saturated rings. The highest BCUT2D eigenvalue weighted by molar-refractivity contribution is 6.74. The van der Waals surface area contributed by atoms with Crippen LogP contribution in [0.3, 0.4) is 0 Å². The highest BCUT2D eigenvalue weighted by Gasteiger charge is 2.57. The fraction of sp³-hybridized carbons (Fsp3) is 0.793. The molecular weight excluding hydrogens is 452 g/mol. The van der Waals surface area contributed by atoms with Crippen LogP contribution in [-0.4, -0.2) is 40.1 Å². The molecule has 196 valence electrons. The lowest BCUT2D eigenvalue weighted by Gasteiger charge is -2.44. The van der Waals surface area contributed by atoms with E-state index in [9.17, 15) is 5.11 Å². The van der Waals surface area contributed by atoms with Gasteiger partial charge in [-0.2, -0.15) is 0 Å². The molecule has 1 aliphatic carbocycles. The zero-order valence-electron chi connectivity index (χ0n) is 24.3. The van der Waals surface area contributed by atoms with Crippen LogP contribution in [-0.2, 0) is 15.3 Å². The second-order valence-electron chi connectivity index (χ2n) is 14.2. The lowest BCUT2D eigenvalue weighted by atomic mass is 9.88. The van der Waals surface area contributed by atoms with E-state index in [4.69, 9.17) is 8.85 Å². The van der Waals surface area contributed by atoms with E-state index in [2.05, 4.69) is 112 Å². The number of hydrogen-bond acceptors (Lipinski definition) is 3. The molecule has 5 atom stereocenters. The predicted molar refractivity (Wildman–Crippen MR) is 151 cm³/mol. The molecule has 2 unspecified atom stereocenters. The summed E-state index contributed by atoms with van der Waals surface area (Å²) in [6, 6.07) is 10.5. The van der Waals surface area contributed by atoms with E-state index in [0.717, 1.165) is 25.9 Å². The molecule has 1 aliphatic rings. The Labute approximate surface area is 213 Å². The average molecular weight is 507 g/mol. The smallest absolute Gasteiger partial charge is 0.192 e. The van der Waals surface area contributed by atoms with Crippen molar-refractivity contribution in [3.63, 3.8) is 0 Å². The molecule has 5 heteroatoms. The van der Waals surface area contributed by atoms with Crippen LogP contribution in [0.5, 0.6) is 0 Å². The summed E-state index contributed by atoms with van der Waals surface area (Å²) in [7, 11) is -3.79. The van der Waals surface area contributed by atoms with Gasteiger partial charge in [-0.05, 0) is 72.9 Å². The van der Waals surface area contributed by atoms with E-state index in [1.165, 1.54) is 5.56 Å². The molecule has 0 bridgehead atoms. The van der Waals surface area contributed by atoms with Crippen molar-refractivity contribution in [2.24, 2.45) is 17.8 Å². The van der Waals surface area contributed by atoms with Gasteiger partial charge >= 0.3 is 0 Å². The Morgan fingerprint density at radius 1 is 0.941 bits per heavy atom. The van der Waals surface area contributed by atoms with Crippen LogP contribution in [0, 0.1) is 17.8 Å². The van der Waals surface area contributed by atoms with Gasteiger partial charge in [0.25, 0.3) is 0 Å². The van der Waals surface area contributed by atoms with Gasteiger partial charge in [-0.3, -0.25) is 0 Å². The molecule has 1 aromatic carbocycles. The van der Waals surface area contributed by atoms with Gasteiger partial charge in [0.15, 0.2) is 16.6 Å². The van der Waals surface area contributed by atoms with Crippen molar-refractivity contribution in [2.75, 3.05) is 6.61 Å². The Bertz CT molecular complexity index is 779. The van der Waals surface area contributed by atoms with Crippen molar-refractivity contribution >= 4 is 16.6 Å². The van der Waals surface area contributed by atoms with E-state index in [0.29, 0.717) is 11.8 Å². The Morgan fingerprint density at radius 3 is 1.97 bits per heavy atom. The summed E-state index contributed by atoms with van der Waals surface area (Å²) in [5, 5.41) is 11.8. The van der Waals surface area contributed by atoms with Gasteiger partial charge in [0.1, 0.15) is 0 Å². The molecule has 0 aliphatic heterocycles. The predicted octanol–water partition coefficient (Wildman–Crippen LogP) is 8.05. The molecule has 34 heavy (non-hydrogen) atoms. The van der Waals surface area contributed by atoms with Gasteiger partial charge in [-0.15, -0.1) is 0 Å². The second kappa shape index (κ2) is 10.5. The number of benzene rings is 1. The number of aryl methyl sites for hydroxylation is 1. The molecule has 2 rings (SSSR count). The van der Waals surface area contributed by atoms with E-state index >= 15 is 0 Å². The monoisotopic (exact) mass is 506 g/mol. The van der Waals surface area contributed by atoms with Crippen LogP contribution < -0.4 is 0 Å². The Morgan fingerprint density at radius 2 is 1.47 bits per heavy atom. The lowest BCUT2D eigenvalue weighted by molar-refractivity contribution is 0.0204. The molecule has 1 saturated carbocycles. The number of aliphatic hydroxyl groups is 1. The SMILES string of the molecule is C[C@H](C1CC1(O)CCc1ccccc1)[C@H](O[Si](C)(C)C(C)(C)C)[C@@H](C)CO[Si](C)(C)C(C)(C)C. The minimum atomic E-state index is -1.97. The first-order valence-electron chi connectivity index (χ1n) is 13.4. The molecule has 3 nitrogen and oxygen atoms in total. The summed E-state index contributed by atoms with van der Waals surface area (Å²) in [6.07, 6.45) is 2.74. The van der Waals surface area contributed by atoms with Gasteiger partial charge in [-0.25, -0.2) is 0 Å². The maximum atomic E-state index is 11.4. The fourth-order valence-electron chi connectivity index (χ4n) is 4.43. The summed E-state index contributed by atoms with van der Waals surface area (Å²) in [5.41, 5.74) is 0.740. The fourth-order valence-corrected chi connectivity index (χ4v) is 7.02. The van der Waals surface area contributed by atoms with Crippen molar-refractivity contribution in [3.05, 3.63) is 35.9 Å².